The van der Waals surface area contributed by atoms with Gasteiger partial charge in [-0.15, -0.1) is 0 Å². The number of benzene rings is 1. The Kier molecular flexibility index (Phi) is 6.22. The molecule has 2 N–H and O–H groups in total. The highest BCUT2D eigenvalue weighted by Crippen LogP contribution is 2.32. The lowest BCUT2D eigenvalue weighted by Gasteiger charge is -2.20. The van der Waals surface area contributed by atoms with Crippen LogP contribution in [0.15, 0.2) is 24.3 Å². The molecule has 2 aromatic rings. The van der Waals surface area contributed by atoms with Gasteiger partial charge >= 0.3 is 0 Å². The standard InChI is InChI=1S/C19H29N3O/c1-5-22(6-2)11-7-8-14(3)17-13-16(23-4)12-15-9-10-18(20)21-19(15)17/h9-10,12-14H,5-8,11H2,1-4H3,(H2,20,21). The van der Waals surface area contributed by atoms with E-state index in [1.165, 1.54) is 12.0 Å². The van der Waals surface area contributed by atoms with E-state index in [1.54, 1.807) is 7.11 Å². The number of nitrogen functional groups attached to an aromatic ring is 1. The Bertz CT molecular complexity index is 638. The molecule has 1 atom stereocenters. The van der Waals surface area contributed by atoms with Crippen molar-refractivity contribution in [3.63, 3.8) is 0 Å². The van der Waals surface area contributed by atoms with E-state index in [9.17, 15) is 0 Å². The Labute approximate surface area is 139 Å². The molecule has 0 aliphatic carbocycles. The van der Waals surface area contributed by atoms with Gasteiger partial charge in [0.1, 0.15) is 11.6 Å². The summed E-state index contributed by atoms with van der Waals surface area (Å²) in [5.41, 5.74) is 8.12. The fraction of sp³-hybridized carbons (Fsp3) is 0.526. The Balaban J connectivity index is 2.21. The summed E-state index contributed by atoms with van der Waals surface area (Å²) in [6.07, 6.45) is 2.32. The van der Waals surface area contributed by atoms with Gasteiger partial charge in [0.2, 0.25) is 0 Å². The largest absolute Gasteiger partial charge is 0.497 e. The topological polar surface area (TPSA) is 51.4 Å². The van der Waals surface area contributed by atoms with E-state index in [4.69, 9.17) is 10.5 Å². The molecule has 4 nitrogen and oxygen atoms in total. The van der Waals surface area contributed by atoms with Crippen LogP contribution in [0.4, 0.5) is 5.82 Å². The third-order valence-electron chi connectivity index (χ3n) is 4.59. The molecule has 1 unspecified atom stereocenters. The Morgan fingerprint density at radius 2 is 1.96 bits per heavy atom. The molecule has 1 aromatic carbocycles. The van der Waals surface area contributed by atoms with Gasteiger partial charge in [-0.1, -0.05) is 20.8 Å². The highest BCUT2D eigenvalue weighted by Gasteiger charge is 2.14. The zero-order chi connectivity index (χ0) is 16.8. The number of anilines is 1. The van der Waals surface area contributed by atoms with Crippen molar-refractivity contribution in [2.75, 3.05) is 32.5 Å². The van der Waals surface area contributed by atoms with Crippen LogP contribution in [-0.4, -0.2) is 36.6 Å². The van der Waals surface area contributed by atoms with Crippen LogP contribution in [0.5, 0.6) is 5.75 Å². The molecule has 0 fully saturated rings. The lowest BCUT2D eigenvalue weighted by Crippen LogP contribution is -2.24. The van der Waals surface area contributed by atoms with Crippen LogP contribution < -0.4 is 10.5 Å². The predicted octanol–water partition coefficient (Wildman–Crippen LogP) is 4.05. The Morgan fingerprint density at radius 3 is 2.61 bits per heavy atom. The monoisotopic (exact) mass is 315 g/mol. The number of ether oxygens (including phenoxy) is 1. The van der Waals surface area contributed by atoms with Crippen LogP contribution in [-0.2, 0) is 0 Å². The summed E-state index contributed by atoms with van der Waals surface area (Å²) >= 11 is 0. The summed E-state index contributed by atoms with van der Waals surface area (Å²) in [5.74, 6) is 1.88. The van der Waals surface area contributed by atoms with Gasteiger partial charge in [-0.3, -0.25) is 0 Å². The number of methoxy groups -OCH3 is 1. The molecule has 1 heterocycles. The van der Waals surface area contributed by atoms with Gasteiger partial charge in [-0.05, 0) is 68.2 Å². The van der Waals surface area contributed by atoms with E-state index in [0.29, 0.717) is 11.7 Å². The number of hydrogen-bond donors (Lipinski definition) is 1. The van der Waals surface area contributed by atoms with Crippen molar-refractivity contribution in [2.45, 2.75) is 39.5 Å². The second kappa shape index (κ2) is 8.16. The minimum absolute atomic E-state index is 0.428. The molecule has 0 aliphatic heterocycles. The smallest absolute Gasteiger partial charge is 0.124 e. The van der Waals surface area contributed by atoms with E-state index in [1.807, 2.05) is 18.2 Å². The predicted molar refractivity (Wildman–Crippen MR) is 98.1 cm³/mol. The number of fused-ring (bicyclic) bond motifs is 1. The van der Waals surface area contributed by atoms with Gasteiger partial charge in [-0.2, -0.15) is 0 Å². The number of rotatable bonds is 8. The second-order valence-electron chi connectivity index (χ2n) is 6.09. The van der Waals surface area contributed by atoms with Gasteiger partial charge in [0.25, 0.3) is 0 Å². The number of nitrogens with two attached hydrogens (primary N) is 1. The minimum Gasteiger partial charge on any atom is -0.497 e. The summed E-state index contributed by atoms with van der Waals surface area (Å²) in [7, 11) is 1.71. The molecule has 0 spiro atoms. The van der Waals surface area contributed by atoms with Crippen molar-refractivity contribution in [1.29, 1.82) is 0 Å². The maximum Gasteiger partial charge on any atom is 0.124 e. The molecule has 0 aliphatic rings. The molecular formula is C19H29N3O. The van der Waals surface area contributed by atoms with Crippen molar-refractivity contribution in [3.8, 4) is 5.75 Å². The highest BCUT2D eigenvalue weighted by atomic mass is 16.5. The molecule has 0 saturated carbocycles. The molecule has 4 heteroatoms. The number of hydrogen-bond acceptors (Lipinski definition) is 4. The molecule has 0 amide bonds. The third-order valence-corrected chi connectivity index (χ3v) is 4.59. The molecule has 23 heavy (non-hydrogen) atoms. The van der Waals surface area contributed by atoms with E-state index in [-0.39, 0.29) is 0 Å². The van der Waals surface area contributed by atoms with Crippen LogP contribution in [0.3, 0.4) is 0 Å². The molecule has 126 valence electrons. The first-order valence-electron chi connectivity index (χ1n) is 8.55. The average molecular weight is 315 g/mol. The van der Waals surface area contributed by atoms with Gasteiger partial charge in [-0.25, -0.2) is 4.98 Å². The second-order valence-corrected chi connectivity index (χ2v) is 6.09. The summed E-state index contributed by atoms with van der Waals surface area (Å²) in [5, 5.41) is 1.09. The van der Waals surface area contributed by atoms with Crippen molar-refractivity contribution < 1.29 is 4.74 Å². The normalized spacial score (nSPS) is 12.7. The fourth-order valence-electron chi connectivity index (χ4n) is 3.06. The number of pyridine rings is 1. The van der Waals surface area contributed by atoms with Crippen molar-refractivity contribution in [2.24, 2.45) is 0 Å². The first-order valence-corrected chi connectivity index (χ1v) is 8.55. The SMILES string of the molecule is CCN(CC)CCCC(C)c1cc(OC)cc2ccc(N)nc12. The maximum absolute atomic E-state index is 5.89. The van der Waals surface area contributed by atoms with Crippen LogP contribution in [0, 0.1) is 0 Å². The van der Waals surface area contributed by atoms with E-state index < -0.39 is 0 Å². The zero-order valence-electron chi connectivity index (χ0n) is 14.8. The van der Waals surface area contributed by atoms with Crippen LogP contribution in [0.25, 0.3) is 10.9 Å². The van der Waals surface area contributed by atoms with Crippen LogP contribution in [0.1, 0.15) is 45.1 Å². The van der Waals surface area contributed by atoms with Crippen LogP contribution in [0.2, 0.25) is 0 Å². The first-order chi connectivity index (χ1) is 11.1. The highest BCUT2D eigenvalue weighted by molar-refractivity contribution is 5.85. The fourth-order valence-corrected chi connectivity index (χ4v) is 3.06. The van der Waals surface area contributed by atoms with Gasteiger partial charge < -0.3 is 15.4 Å². The van der Waals surface area contributed by atoms with Crippen molar-refractivity contribution in [1.82, 2.24) is 9.88 Å². The van der Waals surface area contributed by atoms with E-state index in [0.717, 1.165) is 42.7 Å². The zero-order valence-corrected chi connectivity index (χ0v) is 14.8. The average Bonchev–Trinajstić information content (AvgIpc) is 2.57. The number of aromatic nitrogens is 1. The molecule has 0 saturated heterocycles. The summed E-state index contributed by atoms with van der Waals surface area (Å²) in [6, 6.07) is 7.99. The summed E-state index contributed by atoms with van der Waals surface area (Å²) < 4.78 is 5.45. The molecule has 0 radical (unpaired) electrons. The van der Waals surface area contributed by atoms with Crippen molar-refractivity contribution in [3.05, 3.63) is 29.8 Å². The first kappa shape index (κ1) is 17.5. The number of nitrogens with zero attached hydrogens (tertiary/aromatic N) is 2. The Hall–Kier alpha value is -1.81. The molecule has 2 rings (SSSR count). The summed E-state index contributed by atoms with van der Waals surface area (Å²) in [6.45, 7) is 10.1. The van der Waals surface area contributed by atoms with E-state index in [2.05, 4.69) is 36.7 Å². The van der Waals surface area contributed by atoms with Crippen molar-refractivity contribution >= 4 is 16.7 Å². The van der Waals surface area contributed by atoms with Gasteiger partial charge in [0, 0.05) is 5.39 Å². The third kappa shape index (κ3) is 4.35. The lowest BCUT2D eigenvalue weighted by molar-refractivity contribution is 0.294. The van der Waals surface area contributed by atoms with Gasteiger partial charge in [0.15, 0.2) is 0 Å². The Morgan fingerprint density at radius 1 is 1.22 bits per heavy atom. The summed E-state index contributed by atoms with van der Waals surface area (Å²) in [4.78, 5) is 7.02. The van der Waals surface area contributed by atoms with Gasteiger partial charge in [0.05, 0.1) is 12.6 Å². The molecule has 1 aromatic heterocycles. The quantitative estimate of drug-likeness (QED) is 0.798. The minimum atomic E-state index is 0.428. The van der Waals surface area contributed by atoms with E-state index >= 15 is 0 Å². The molecule has 0 bridgehead atoms. The lowest BCUT2D eigenvalue weighted by atomic mass is 9.93. The molecular weight excluding hydrogens is 286 g/mol. The van der Waals surface area contributed by atoms with Crippen LogP contribution >= 0.6 is 0 Å². The maximum atomic E-state index is 5.89.